The fourth-order valence-corrected chi connectivity index (χ4v) is 5.15. The maximum absolute atomic E-state index is 12.9. The summed E-state index contributed by atoms with van der Waals surface area (Å²) in [5.41, 5.74) is 2.08. The van der Waals surface area contributed by atoms with Gasteiger partial charge in [-0.2, -0.15) is 0 Å². The summed E-state index contributed by atoms with van der Waals surface area (Å²) in [6, 6.07) is 9.95. The Morgan fingerprint density at radius 2 is 1.96 bits per heavy atom. The van der Waals surface area contributed by atoms with Crippen molar-refractivity contribution in [2.45, 2.75) is 45.4 Å². The van der Waals surface area contributed by atoms with Gasteiger partial charge >= 0.3 is 0 Å². The number of hydrogen-bond donors (Lipinski definition) is 0. The van der Waals surface area contributed by atoms with Crippen LogP contribution >= 0.6 is 23.1 Å². The molecule has 1 atom stereocenters. The number of amides is 1. The van der Waals surface area contributed by atoms with Crippen LogP contribution < -0.4 is 5.56 Å². The van der Waals surface area contributed by atoms with Gasteiger partial charge in [-0.1, -0.05) is 42.1 Å². The summed E-state index contributed by atoms with van der Waals surface area (Å²) in [7, 11) is 1.82. The number of benzene rings is 1. The SMILES string of the molecule is CCn1c(SCC(=O)N(C)[C@@H](C)c2ccccc2)nc2sc(C)c(C)c2c1=O. The molecule has 0 saturated carbocycles. The number of rotatable bonds is 6. The van der Waals surface area contributed by atoms with E-state index in [-0.39, 0.29) is 23.3 Å². The van der Waals surface area contributed by atoms with E-state index in [9.17, 15) is 9.59 Å². The average Bonchev–Trinajstić information content (AvgIpc) is 2.99. The Bertz CT molecular complexity index is 1060. The first-order valence-electron chi connectivity index (χ1n) is 9.29. The van der Waals surface area contributed by atoms with Gasteiger partial charge in [0.05, 0.1) is 17.2 Å². The number of carbonyl (C=O) groups excluding carboxylic acids is 1. The zero-order valence-corrected chi connectivity index (χ0v) is 18.5. The largest absolute Gasteiger partial charge is 0.338 e. The molecule has 0 aliphatic heterocycles. The van der Waals surface area contributed by atoms with Crippen molar-refractivity contribution in [3.63, 3.8) is 0 Å². The molecular formula is C21H25N3O2S2. The van der Waals surface area contributed by atoms with E-state index >= 15 is 0 Å². The van der Waals surface area contributed by atoms with Crippen LogP contribution in [0.4, 0.5) is 0 Å². The number of nitrogens with zero attached hydrogens (tertiary/aromatic N) is 3. The van der Waals surface area contributed by atoms with E-state index in [2.05, 4.69) is 0 Å². The van der Waals surface area contributed by atoms with Gasteiger partial charge in [-0.25, -0.2) is 4.98 Å². The third kappa shape index (κ3) is 3.86. The second kappa shape index (κ2) is 8.49. The van der Waals surface area contributed by atoms with Crippen LogP contribution in [0.5, 0.6) is 0 Å². The van der Waals surface area contributed by atoms with Gasteiger partial charge in [0.1, 0.15) is 4.83 Å². The van der Waals surface area contributed by atoms with Crippen molar-refractivity contribution in [1.82, 2.24) is 14.5 Å². The summed E-state index contributed by atoms with van der Waals surface area (Å²) >= 11 is 2.87. The number of hydrogen-bond acceptors (Lipinski definition) is 5. The zero-order valence-electron chi connectivity index (χ0n) is 16.9. The maximum atomic E-state index is 12.9. The van der Waals surface area contributed by atoms with Crippen LogP contribution in [0.15, 0.2) is 40.3 Å². The highest BCUT2D eigenvalue weighted by Crippen LogP contribution is 2.28. The number of carbonyl (C=O) groups is 1. The molecule has 0 bridgehead atoms. The summed E-state index contributed by atoms with van der Waals surface area (Å²) < 4.78 is 1.67. The Morgan fingerprint density at radius 3 is 2.61 bits per heavy atom. The first-order valence-corrected chi connectivity index (χ1v) is 11.1. The molecule has 0 unspecified atom stereocenters. The van der Waals surface area contributed by atoms with Crippen molar-refractivity contribution >= 4 is 39.2 Å². The third-order valence-electron chi connectivity index (χ3n) is 5.15. The zero-order chi connectivity index (χ0) is 20.4. The smallest absolute Gasteiger partial charge is 0.263 e. The lowest BCUT2D eigenvalue weighted by atomic mass is 10.1. The van der Waals surface area contributed by atoms with E-state index < -0.39 is 0 Å². The minimum atomic E-state index is -0.0182. The molecule has 5 nitrogen and oxygen atoms in total. The van der Waals surface area contributed by atoms with Gasteiger partial charge in [-0.05, 0) is 38.8 Å². The molecular weight excluding hydrogens is 390 g/mol. The molecule has 0 spiro atoms. The van der Waals surface area contributed by atoms with Gasteiger partial charge in [0.2, 0.25) is 5.91 Å². The Balaban J connectivity index is 1.81. The van der Waals surface area contributed by atoms with Crippen molar-refractivity contribution < 1.29 is 4.79 Å². The second-order valence-corrected chi connectivity index (χ2v) is 8.93. The van der Waals surface area contributed by atoms with Gasteiger partial charge in [-0.3, -0.25) is 14.2 Å². The molecule has 148 valence electrons. The molecule has 0 aliphatic carbocycles. The molecule has 1 aromatic carbocycles. The van der Waals surface area contributed by atoms with Crippen LogP contribution in [-0.4, -0.2) is 33.2 Å². The minimum absolute atomic E-state index is 0.0110. The minimum Gasteiger partial charge on any atom is -0.338 e. The van der Waals surface area contributed by atoms with E-state index in [1.165, 1.54) is 23.1 Å². The van der Waals surface area contributed by atoms with Crippen LogP contribution in [0.3, 0.4) is 0 Å². The molecule has 0 fully saturated rings. The lowest BCUT2D eigenvalue weighted by Crippen LogP contribution is -2.31. The Morgan fingerprint density at radius 1 is 1.29 bits per heavy atom. The molecule has 2 aromatic heterocycles. The first-order chi connectivity index (χ1) is 13.3. The van der Waals surface area contributed by atoms with Crippen LogP contribution in [0, 0.1) is 13.8 Å². The van der Waals surface area contributed by atoms with Gasteiger partial charge in [0, 0.05) is 18.5 Å². The first kappa shape index (κ1) is 20.6. The predicted molar refractivity (Wildman–Crippen MR) is 117 cm³/mol. The fourth-order valence-electron chi connectivity index (χ4n) is 3.10. The van der Waals surface area contributed by atoms with Crippen LogP contribution in [0.1, 0.15) is 35.9 Å². The fraction of sp³-hybridized carbons (Fsp3) is 0.381. The van der Waals surface area contributed by atoms with Crippen molar-refractivity contribution in [2.75, 3.05) is 12.8 Å². The number of fused-ring (bicyclic) bond motifs is 1. The second-order valence-electron chi connectivity index (χ2n) is 6.79. The monoisotopic (exact) mass is 415 g/mol. The molecule has 3 rings (SSSR count). The van der Waals surface area contributed by atoms with E-state index in [4.69, 9.17) is 4.98 Å². The van der Waals surface area contributed by atoms with Gasteiger partial charge in [0.25, 0.3) is 5.56 Å². The van der Waals surface area contributed by atoms with E-state index in [0.29, 0.717) is 17.1 Å². The standard InChI is InChI=1S/C21H25N3O2S2/c1-6-24-20(26)18-13(2)15(4)28-19(18)22-21(24)27-12-17(25)23(5)14(3)16-10-8-7-9-11-16/h7-11,14H,6,12H2,1-5H3/t14-/m0/s1. The summed E-state index contributed by atoms with van der Waals surface area (Å²) in [6.07, 6.45) is 0. The summed E-state index contributed by atoms with van der Waals surface area (Å²) in [4.78, 5) is 33.9. The highest BCUT2D eigenvalue weighted by atomic mass is 32.2. The number of thioether (sulfide) groups is 1. The van der Waals surface area contributed by atoms with Crippen LogP contribution in [0.2, 0.25) is 0 Å². The normalized spacial score (nSPS) is 12.3. The molecule has 0 N–H and O–H groups in total. The van der Waals surface area contributed by atoms with Crippen LogP contribution in [-0.2, 0) is 11.3 Å². The van der Waals surface area contributed by atoms with Gasteiger partial charge < -0.3 is 4.90 Å². The molecule has 0 aliphatic rings. The van der Waals surface area contributed by atoms with Crippen molar-refractivity contribution in [3.8, 4) is 0 Å². The number of thiophene rings is 1. The topological polar surface area (TPSA) is 55.2 Å². The van der Waals surface area contributed by atoms with Crippen LogP contribution in [0.25, 0.3) is 10.2 Å². The number of aromatic nitrogens is 2. The van der Waals surface area contributed by atoms with Gasteiger partial charge in [0.15, 0.2) is 5.16 Å². The van der Waals surface area contributed by atoms with Crippen molar-refractivity contribution in [1.29, 1.82) is 0 Å². The molecule has 7 heteroatoms. The highest BCUT2D eigenvalue weighted by Gasteiger charge is 2.20. The molecule has 3 aromatic rings. The van der Waals surface area contributed by atoms with E-state index in [1.54, 1.807) is 9.47 Å². The van der Waals surface area contributed by atoms with Crippen molar-refractivity contribution in [2.24, 2.45) is 0 Å². The maximum Gasteiger partial charge on any atom is 0.263 e. The number of aryl methyl sites for hydroxylation is 2. The summed E-state index contributed by atoms with van der Waals surface area (Å²) in [5, 5.41) is 1.31. The average molecular weight is 416 g/mol. The summed E-state index contributed by atoms with van der Waals surface area (Å²) in [6.45, 7) is 8.45. The Hall–Kier alpha value is -2.12. The third-order valence-corrected chi connectivity index (χ3v) is 7.21. The quantitative estimate of drug-likeness (QED) is 0.442. The lowest BCUT2D eigenvalue weighted by molar-refractivity contribution is -0.128. The molecule has 0 saturated heterocycles. The molecule has 0 radical (unpaired) electrons. The Kier molecular flexibility index (Phi) is 6.25. The highest BCUT2D eigenvalue weighted by molar-refractivity contribution is 7.99. The molecule has 1 amide bonds. The molecule has 2 heterocycles. The predicted octanol–water partition coefficient (Wildman–Crippen LogP) is 4.41. The lowest BCUT2D eigenvalue weighted by Gasteiger charge is -2.25. The van der Waals surface area contributed by atoms with E-state index in [1.807, 2.05) is 65.1 Å². The van der Waals surface area contributed by atoms with Gasteiger partial charge in [-0.15, -0.1) is 11.3 Å². The Labute approximate surface area is 173 Å². The summed E-state index contributed by atoms with van der Waals surface area (Å²) in [5.74, 6) is 0.256. The molecule has 28 heavy (non-hydrogen) atoms. The van der Waals surface area contributed by atoms with E-state index in [0.717, 1.165) is 20.8 Å². The van der Waals surface area contributed by atoms with Crippen molar-refractivity contribution in [3.05, 3.63) is 56.7 Å².